The van der Waals surface area contributed by atoms with Crippen LogP contribution in [0.15, 0.2) is 53.2 Å². The van der Waals surface area contributed by atoms with Crippen molar-refractivity contribution in [3.8, 4) is 5.75 Å². The third-order valence-electron chi connectivity index (χ3n) is 5.31. The van der Waals surface area contributed by atoms with Gasteiger partial charge in [-0.25, -0.2) is 4.79 Å². The molecular weight excluding hydrogens is 400 g/mol. The van der Waals surface area contributed by atoms with Crippen LogP contribution in [-0.4, -0.2) is 11.9 Å². The maximum absolute atomic E-state index is 12.8. The Morgan fingerprint density at radius 1 is 1.13 bits per heavy atom. The van der Waals surface area contributed by atoms with E-state index in [1.54, 1.807) is 41.7 Å². The predicted octanol–water partition coefficient (Wildman–Crippen LogP) is 4.69. The number of benzene rings is 1. The van der Waals surface area contributed by atoms with Crippen molar-refractivity contribution in [2.45, 2.75) is 31.8 Å². The Kier molecular flexibility index (Phi) is 4.88. The fourth-order valence-corrected chi connectivity index (χ4v) is 5.17. The van der Waals surface area contributed by atoms with Crippen LogP contribution in [0.5, 0.6) is 5.75 Å². The third kappa shape index (κ3) is 3.64. The molecule has 2 aliphatic rings. The number of anilines is 1. The van der Waals surface area contributed by atoms with E-state index in [-0.39, 0.29) is 12.1 Å². The predicted molar refractivity (Wildman–Crippen MR) is 115 cm³/mol. The van der Waals surface area contributed by atoms with E-state index in [9.17, 15) is 9.59 Å². The van der Waals surface area contributed by atoms with Gasteiger partial charge in [0.2, 0.25) is 0 Å². The zero-order valence-corrected chi connectivity index (χ0v) is 17.0. The molecule has 6 nitrogen and oxygen atoms in total. The fraction of sp³-hybridized carbons (Fsp3) is 0.217. The summed E-state index contributed by atoms with van der Waals surface area (Å²) >= 11 is 1.70. The second kappa shape index (κ2) is 7.84. The summed E-state index contributed by atoms with van der Waals surface area (Å²) in [6.07, 6.45) is 8.46. The highest BCUT2D eigenvalue weighted by molar-refractivity contribution is 7.16. The number of furan rings is 1. The highest BCUT2D eigenvalue weighted by atomic mass is 32.1. The van der Waals surface area contributed by atoms with Crippen molar-refractivity contribution in [2.75, 3.05) is 5.32 Å². The first-order valence-electron chi connectivity index (χ1n) is 9.93. The summed E-state index contributed by atoms with van der Waals surface area (Å²) in [6, 6.07) is 10.6. The molecule has 0 bridgehead atoms. The smallest absolute Gasteiger partial charge is 0.336 e. The molecule has 5 rings (SSSR count). The summed E-state index contributed by atoms with van der Waals surface area (Å²) < 4.78 is 10.5. The minimum atomic E-state index is -0.489. The van der Waals surface area contributed by atoms with Gasteiger partial charge in [-0.2, -0.15) is 0 Å². The molecular formula is C23H20N2O4S. The summed E-state index contributed by atoms with van der Waals surface area (Å²) in [5, 5.41) is 7.46. The first-order valence-corrected chi connectivity index (χ1v) is 10.7. The fourth-order valence-electron chi connectivity index (χ4n) is 3.86. The molecule has 3 heterocycles. The van der Waals surface area contributed by atoms with E-state index in [0.717, 1.165) is 35.4 Å². The van der Waals surface area contributed by atoms with E-state index in [4.69, 9.17) is 9.15 Å². The summed E-state index contributed by atoms with van der Waals surface area (Å²) in [6.45, 7) is 0. The SMILES string of the molecule is O=C(/C=C/c1ccco1)Oc1ccc(C2NC(=O)c3c(sc4c3CCCC4)N2)cc1. The molecule has 0 radical (unpaired) electrons. The Hall–Kier alpha value is -3.32. The van der Waals surface area contributed by atoms with Crippen LogP contribution in [0.2, 0.25) is 0 Å². The second-order valence-electron chi connectivity index (χ2n) is 7.30. The van der Waals surface area contributed by atoms with Gasteiger partial charge in [-0.1, -0.05) is 12.1 Å². The normalized spacial score (nSPS) is 17.7. The average Bonchev–Trinajstić information content (AvgIpc) is 3.40. The largest absolute Gasteiger partial charge is 0.465 e. The molecule has 1 unspecified atom stereocenters. The molecule has 7 heteroatoms. The van der Waals surface area contributed by atoms with Gasteiger partial charge >= 0.3 is 5.97 Å². The van der Waals surface area contributed by atoms with Gasteiger partial charge in [-0.15, -0.1) is 11.3 Å². The number of fused-ring (bicyclic) bond motifs is 3. The molecule has 0 saturated heterocycles. The van der Waals surface area contributed by atoms with Crippen LogP contribution >= 0.6 is 11.3 Å². The second-order valence-corrected chi connectivity index (χ2v) is 8.41. The molecule has 1 amide bonds. The van der Waals surface area contributed by atoms with Crippen LogP contribution in [0.1, 0.15) is 51.1 Å². The Balaban J connectivity index is 1.27. The minimum Gasteiger partial charge on any atom is -0.465 e. The van der Waals surface area contributed by atoms with Crippen molar-refractivity contribution in [3.05, 3.63) is 76.1 Å². The van der Waals surface area contributed by atoms with Gasteiger partial charge in [0.05, 0.1) is 11.8 Å². The van der Waals surface area contributed by atoms with E-state index in [1.807, 2.05) is 12.1 Å². The molecule has 30 heavy (non-hydrogen) atoms. The van der Waals surface area contributed by atoms with Crippen molar-refractivity contribution < 1.29 is 18.7 Å². The van der Waals surface area contributed by atoms with Crippen LogP contribution in [-0.2, 0) is 17.6 Å². The molecule has 2 aromatic heterocycles. The third-order valence-corrected chi connectivity index (χ3v) is 6.53. The first kappa shape index (κ1) is 18.7. The highest BCUT2D eigenvalue weighted by Gasteiger charge is 2.31. The van der Waals surface area contributed by atoms with Crippen LogP contribution < -0.4 is 15.4 Å². The number of carbonyl (C=O) groups excluding carboxylic acids is 2. The molecule has 152 valence electrons. The van der Waals surface area contributed by atoms with Gasteiger partial charge in [-0.05, 0) is 67.2 Å². The molecule has 1 atom stereocenters. The molecule has 0 spiro atoms. The summed E-state index contributed by atoms with van der Waals surface area (Å²) in [5.74, 6) is 0.502. The lowest BCUT2D eigenvalue weighted by Gasteiger charge is -2.26. The number of esters is 1. The standard InChI is InChI=1S/C23H20N2O4S/c26-19(12-11-15-4-3-13-28-15)29-16-9-7-14(8-10-16)21-24-22(27)20-17-5-1-2-6-18(17)30-23(20)25-21/h3-4,7-13,21,25H,1-2,5-6H2,(H,24,27)/b12-11+. The molecule has 2 N–H and O–H groups in total. The number of amides is 1. The van der Waals surface area contributed by atoms with Crippen LogP contribution in [0.4, 0.5) is 5.00 Å². The zero-order chi connectivity index (χ0) is 20.5. The Labute approximate surface area is 177 Å². The topological polar surface area (TPSA) is 80.6 Å². The van der Waals surface area contributed by atoms with E-state index in [2.05, 4.69) is 10.6 Å². The van der Waals surface area contributed by atoms with E-state index in [1.165, 1.54) is 29.2 Å². The lowest BCUT2D eigenvalue weighted by molar-refractivity contribution is -0.128. The van der Waals surface area contributed by atoms with Crippen LogP contribution in [0, 0.1) is 0 Å². The molecule has 1 aliphatic heterocycles. The van der Waals surface area contributed by atoms with Gasteiger partial charge in [0.1, 0.15) is 22.7 Å². The van der Waals surface area contributed by atoms with Crippen LogP contribution in [0.3, 0.4) is 0 Å². The Morgan fingerprint density at radius 2 is 1.97 bits per heavy atom. The number of hydrogen-bond acceptors (Lipinski definition) is 6. The van der Waals surface area contributed by atoms with Crippen molar-refractivity contribution >= 4 is 34.3 Å². The zero-order valence-electron chi connectivity index (χ0n) is 16.1. The maximum atomic E-state index is 12.8. The number of hydrogen-bond donors (Lipinski definition) is 2. The van der Waals surface area contributed by atoms with Crippen molar-refractivity contribution in [1.82, 2.24) is 5.32 Å². The van der Waals surface area contributed by atoms with E-state index >= 15 is 0 Å². The van der Waals surface area contributed by atoms with Gasteiger partial charge in [-0.3, -0.25) is 4.79 Å². The van der Waals surface area contributed by atoms with E-state index in [0.29, 0.717) is 11.5 Å². The molecule has 0 fully saturated rings. The molecule has 0 saturated carbocycles. The summed E-state index contributed by atoms with van der Waals surface area (Å²) in [7, 11) is 0. The quantitative estimate of drug-likeness (QED) is 0.364. The first-order chi connectivity index (χ1) is 14.7. The highest BCUT2D eigenvalue weighted by Crippen LogP contribution is 2.41. The molecule has 1 aromatic carbocycles. The van der Waals surface area contributed by atoms with Crippen molar-refractivity contribution in [1.29, 1.82) is 0 Å². The van der Waals surface area contributed by atoms with E-state index < -0.39 is 5.97 Å². The molecule has 1 aliphatic carbocycles. The van der Waals surface area contributed by atoms with Gasteiger partial charge < -0.3 is 19.8 Å². The maximum Gasteiger partial charge on any atom is 0.336 e. The number of nitrogens with one attached hydrogen (secondary N) is 2. The van der Waals surface area contributed by atoms with Gasteiger partial charge in [0, 0.05) is 11.0 Å². The van der Waals surface area contributed by atoms with Crippen molar-refractivity contribution in [2.24, 2.45) is 0 Å². The number of aryl methyl sites for hydroxylation is 1. The number of rotatable bonds is 4. The average molecular weight is 420 g/mol. The Bertz CT molecular complexity index is 1110. The lowest BCUT2D eigenvalue weighted by Crippen LogP contribution is -2.38. The number of carbonyl (C=O) groups is 2. The lowest BCUT2D eigenvalue weighted by atomic mass is 9.94. The Morgan fingerprint density at radius 3 is 2.77 bits per heavy atom. The number of ether oxygens (including phenoxy) is 1. The van der Waals surface area contributed by atoms with Crippen LogP contribution in [0.25, 0.3) is 6.08 Å². The summed E-state index contributed by atoms with van der Waals surface area (Å²) in [4.78, 5) is 26.0. The van der Waals surface area contributed by atoms with Crippen molar-refractivity contribution in [3.63, 3.8) is 0 Å². The summed E-state index contributed by atoms with van der Waals surface area (Å²) in [5.41, 5.74) is 2.93. The van der Waals surface area contributed by atoms with Gasteiger partial charge in [0.15, 0.2) is 0 Å². The monoisotopic (exact) mass is 420 g/mol. The van der Waals surface area contributed by atoms with Gasteiger partial charge in [0.25, 0.3) is 5.91 Å². The molecule has 3 aromatic rings. The number of thiophene rings is 1. The minimum absolute atomic E-state index is 0.0216.